The average Bonchev–Trinajstić information content (AvgIpc) is 3.30. The van der Waals surface area contributed by atoms with Gasteiger partial charge in [-0.2, -0.15) is 0 Å². The van der Waals surface area contributed by atoms with Crippen LogP contribution in [0.4, 0.5) is 26.7 Å². The van der Waals surface area contributed by atoms with Gasteiger partial charge in [0.2, 0.25) is 11.7 Å². The van der Waals surface area contributed by atoms with Crippen LogP contribution < -0.4 is 26.4 Å². The quantitative estimate of drug-likeness (QED) is 0.249. The highest BCUT2D eigenvalue weighted by molar-refractivity contribution is 7.18. The summed E-state index contributed by atoms with van der Waals surface area (Å²) in [7, 11) is 0. The molecule has 200 valence electrons. The van der Waals surface area contributed by atoms with Crippen molar-refractivity contribution in [3.63, 3.8) is 0 Å². The predicted molar refractivity (Wildman–Crippen MR) is 149 cm³/mol. The summed E-state index contributed by atoms with van der Waals surface area (Å²) in [5, 5.41) is 3.01. The molecule has 39 heavy (non-hydrogen) atoms. The molecule has 11 heteroatoms. The summed E-state index contributed by atoms with van der Waals surface area (Å²) >= 11 is 0.990. The fraction of sp³-hybridized carbons (Fsp3) is 0.143. The lowest BCUT2D eigenvalue weighted by Crippen LogP contribution is -2.39. The number of primary amides is 1. The highest BCUT2D eigenvalue weighted by atomic mass is 32.1. The molecule has 9 nitrogen and oxygen atoms in total. The van der Waals surface area contributed by atoms with Crippen molar-refractivity contribution in [1.82, 2.24) is 4.98 Å². The number of hydrogen-bond acceptors (Lipinski definition) is 8. The summed E-state index contributed by atoms with van der Waals surface area (Å²) < 4.78 is 19.0. The molecule has 4 aromatic rings. The molecule has 2 amide bonds. The number of carbonyl (C=O) groups excluding carboxylic acids is 3. The van der Waals surface area contributed by atoms with Gasteiger partial charge >= 0.3 is 0 Å². The molecule has 4 rings (SSSR count). The maximum Gasteiger partial charge on any atom is 0.262 e. The molecule has 0 aliphatic heterocycles. The number of nitrogens with one attached hydrogen (secondary N) is 1. The first-order valence-corrected chi connectivity index (χ1v) is 12.7. The SMILES string of the molecule is Cc1ccc(NC(=O)COc2ccc(C(=O)c3sc(N(c4ccc(F)cc4)C(C)C(N)=O)nc3N)cc2)cc1. The second kappa shape index (κ2) is 11.7. The molecule has 1 unspecified atom stereocenters. The Morgan fingerprint density at radius 3 is 2.28 bits per heavy atom. The van der Waals surface area contributed by atoms with E-state index < -0.39 is 17.8 Å². The first kappa shape index (κ1) is 27.3. The van der Waals surface area contributed by atoms with E-state index in [0.29, 0.717) is 22.7 Å². The Bertz CT molecular complexity index is 1490. The molecule has 1 aromatic heterocycles. The number of ether oxygens (including phenoxy) is 1. The Hall–Kier alpha value is -4.77. The number of anilines is 4. The molecule has 1 atom stereocenters. The van der Waals surface area contributed by atoms with Crippen LogP contribution in [0.15, 0.2) is 72.8 Å². The molecular formula is C28H26FN5O4S. The molecule has 0 aliphatic rings. The zero-order valence-corrected chi connectivity index (χ0v) is 22.0. The van der Waals surface area contributed by atoms with E-state index in [1.54, 1.807) is 43.3 Å². The fourth-order valence-electron chi connectivity index (χ4n) is 3.63. The van der Waals surface area contributed by atoms with Gasteiger partial charge in [-0.15, -0.1) is 0 Å². The average molecular weight is 548 g/mol. The van der Waals surface area contributed by atoms with Crippen LogP contribution in [-0.2, 0) is 9.59 Å². The monoisotopic (exact) mass is 547 g/mol. The van der Waals surface area contributed by atoms with Crippen LogP contribution in [0.3, 0.4) is 0 Å². The van der Waals surface area contributed by atoms with Crippen LogP contribution in [-0.4, -0.2) is 35.2 Å². The molecule has 1 heterocycles. The second-order valence-electron chi connectivity index (χ2n) is 8.69. The van der Waals surface area contributed by atoms with Crippen molar-refractivity contribution in [2.24, 2.45) is 5.73 Å². The number of halogens is 1. The molecule has 0 bridgehead atoms. The smallest absolute Gasteiger partial charge is 0.262 e. The molecule has 0 saturated heterocycles. The van der Waals surface area contributed by atoms with Gasteiger partial charge in [0.25, 0.3) is 5.91 Å². The number of thiazole rings is 1. The van der Waals surface area contributed by atoms with Crippen LogP contribution in [0.5, 0.6) is 5.75 Å². The second-order valence-corrected chi connectivity index (χ2v) is 9.67. The van der Waals surface area contributed by atoms with Crippen molar-refractivity contribution in [3.8, 4) is 5.75 Å². The van der Waals surface area contributed by atoms with Crippen molar-refractivity contribution < 1.29 is 23.5 Å². The lowest BCUT2D eigenvalue weighted by molar-refractivity contribution is -0.119. The van der Waals surface area contributed by atoms with Gasteiger partial charge in [-0.05, 0) is 74.5 Å². The number of carbonyl (C=O) groups is 3. The fourth-order valence-corrected chi connectivity index (χ4v) is 4.68. The van der Waals surface area contributed by atoms with E-state index in [0.717, 1.165) is 16.9 Å². The van der Waals surface area contributed by atoms with Crippen molar-refractivity contribution >= 4 is 51.3 Å². The van der Waals surface area contributed by atoms with Crippen molar-refractivity contribution in [3.05, 3.63) is 94.6 Å². The van der Waals surface area contributed by atoms with E-state index >= 15 is 0 Å². The summed E-state index contributed by atoms with van der Waals surface area (Å²) in [6, 6.07) is 18.3. The molecule has 0 aliphatic carbocycles. The minimum Gasteiger partial charge on any atom is -0.484 e. The number of ketones is 1. The van der Waals surface area contributed by atoms with Crippen molar-refractivity contribution in [1.29, 1.82) is 0 Å². The van der Waals surface area contributed by atoms with Crippen molar-refractivity contribution in [2.75, 3.05) is 22.6 Å². The number of nitrogens with zero attached hydrogens (tertiary/aromatic N) is 2. The Balaban J connectivity index is 1.46. The third-order valence-corrected chi connectivity index (χ3v) is 6.85. The zero-order valence-electron chi connectivity index (χ0n) is 21.2. The van der Waals surface area contributed by atoms with Gasteiger partial charge in [-0.1, -0.05) is 29.0 Å². The first-order valence-electron chi connectivity index (χ1n) is 11.9. The number of benzene rings is 3. The third-order valence-electron chi connectivity index (χ3n) is 5.78. The number of amides is 2. The third kappa shape index (κ3) is 6.57. The Morgan fingerprint density at radius 2 is 1.67 bits per heavy atom. The van der Waals surface area contributed by atoms with Gasteiger partial charge < -0.3 is 26.4 Å². The van der Waals surface area contributed by atoms with Crippen LogP contribution in [0.1, 0.15) is 27.7 Å². The molecule has 0 fully saturated rings. The largest absolute Gasteiger partial charge is 0.484 e. The molecular weight excluding hydrogens is 521 g/mol. The minimum atomic E-state index is -0.844. The van der Waals surface area contributed by atoms with Crippen molar-refractivity contribution in [2.45, 2.75) is 19.9 Å². The molecule has 0 radical (unpaired) electrons. The van der Waals surface area contributed by atoms with Crippen LogP contribution in [0.25, 0.3) is 0 Å². The van der Waals surface area contributed by atoms with Gasteiger partial charge in [0.1, 0.15) is 28.3 Å². The van der Waals surface area contributed by atoms with E-state index in [9.17, 15) is 18.8 Å². The lowest BCUT2D eigenvalue weighted by Gasteiger charge is -2.26. The maximum absolute atomic E-state index is 13.5. The summed E-state index contributed by atoms with van der Waals surface area (Å²) in [5.41, 5.74) is 14.1. The Morgan fingerprint density at radius 1 is 1.03 bits per heavy atom. The van der Waals surface area contributed by atoms with Crippen LogP contribution >= 0.6 is 11.3 Å². The first-order chi connectivity index (χ1) is 18.6. The topological polar surface area (TPSA) is 141 Å². The molecule has 5 N–H and O–H groups in total. The number of aryl methyl sites for hydroxylation is 1. The summed E-state index contributed by atoms with van der Waals surface area (Å²) in [6.07, 6.45) is 0. The summed E-state index contributed by atoms with van der Waals surface area (Å²) in [4.78, 5) is 43.3. The van der Waals surface area contributed by atoms with Crippen LogP contribution in [0, 0.1) is 12.7 Å². The number of aromatic nitrogens is 1. The minimum absolute atomic E-state index is 0.0168. The van der Waals surface area contributed by atoms with E-state index in [4.69, 9.17) is 16.2 Å². The zero-order chi connectivity index (χ0) is 28.1. The van der Waals surface area contributed by atoms with E-state index in [2.05, 4.69) is 10.3 Å². The standard InChI is InChI=1S/C28H26FN5O4S/c1-16-3-9-20(10-4-16)32-23(35)15-38-22-13-5-18(6-14-22)24(36)25-26(30)33-28(39-25)34(17(2)27(31)37)21-11-7-19(29)8-12-21/h3-14,17H,15,30H2,1-2H3,(H2,31,37)(H,32,35). The number of nitrogens with two attached hydrogens (primary N) is 2. The summed E-state index contributed by atoms with van der Waals surface area (Å²) in [5.74, 6) is -1.40. The highest BCUT2D eigenvalue weighted by Gasteiger charge is 2.27. The molecule has 0 spiro atoms. The maximum atomic E-state index is 13.5. The van der Waals surface area contributed by atoms with E-state index in [1.165, 1.54) is 29.2 Å². The van der Waals surface area contributed by atoms with E-state index in [1.807, 2.05) is 19.1 Å². The number of hydrogen-bond donors (Lipinski definition) is 3. The van der Waals surface area contributed by atoms with Gasteiger partial charge in [-0.25, -0.2) is 9.37 Å². The summed E-state index contributed by atoms with van der Waals surface area (Å²) in [6.45, 7) is 3.33. The van der Waals surface area contributed by atoms with Gasteiger partial charge in [0.15, 0.2) is 11.7 Å². The number of nitrogen functional groups attached to an aromatic ring is 1. The predicted octanol–water partition coefficient (Wildman–Crippen LogP) is 4.43. The molecule has 0 saturated carbocycles. The van der Waals surface area contributed by atoms with Crippen LogP contribution in [0.2, 0.25) is 0 Å². The Labute approximate surface area is 228 Å². The van der Waals surface area contributed by atoms with Gasteiger partial charge in [0, 0.05) is 16.9 Å². The highest BCUT2D eigenvalue weighted by Crippen LogP contribution is 2.36. The lowest BCUT2D eigenvalue weighted by atomic mass is 10.1. The Kier molecular flexibility index (Phi) is 8.21. The van der Waals surface area contributed by atoms with Gasteiger partial charge in [0.05, 0.1) is 0 Å². The van der Waals surface area contributed by atoms with Gasteiger partial charge in [-0.3, -0.25) is 14.4 Å². The van der Waals surface area contributed by atoms with E-state index in [-0.39, 0.29) is 34.1 Å². The molecule has 3 aromatic carbocycles. The number of rotatable bonds is 10. The normalized spacial score (nSPS) is 11.5.